The summed E-state index contributed by atoms with van der Waals surface area (Å²) in [6, 6.07) is 1.61. The number of hydrogen-bond donors (Lipinski definition) is 1. The van der Waals surface area contributed by atoms with Crippen LogP contribution in [0.4, 0.5) is 0 Å². The van der Waals surface area contributed by atoms with E-state index in [1.54, 1.807) is 12.3 Å². The number of aryl methyl sites for hydroxylation is 1. The fourth-order valence-electron chi connectivity index (χ4n) is 2.87. The fourth-order valence-corrected chi connectivity index (χ4v) is 2.87. The summed E-state index contributed by atoms with van der Waals surface area (Å²) < 4.78 is 2.06. The van der Waals surface area contributed by atoms with Crippen molar-refractivity contribution in [3.05, 3.63) is 28.2 Å². The van der Waals surface area contributed by atoms with E-state index in [2.05, 4.69) is 23.3 Å². The zero-order chi connectivity index (χ0) is 15.2. The zero-order valence-corrected chi connectivity index (χ0v) is 13.3. The van der Waals surface area contributed by atoms with Crippen LogP contribution in [-0.2, 0) is 13.1 Å². The second kappa shape index (κ2) is 7.64. The van der Waals surface area contributed by atoms with E-state index in [0.29, 0.717) is 5.92 Å². The van der Waals surface area contributed by atoms with Crippen molar-refractivity contribution in [1.82, 2.24) is 9.47 Å². The molecule has 0 spiro atoms. The molecule has 1 aliphatic rings. The maximum atomic E-state index is 11.8. The third kappa shape index (κ3) is 4.88. The Morgan fingerprint density at radius 2 is 1.86 bits per heavy atom. The normalized spacial score (nSPS) is 17.1. The molecule has 0 amide bonds. The number of aromatic nitrogens is 1. The summed E-state index contributed by atoms with van der Waals surface area (Å²) >= 11 is 0. The molecule has 1 fully saturated rings. The third-order valence-electron chi connectivity index (χ3n) is 4.23. The summed E-state index contributed by atoms with van der Waals surface area (Å²) in [5.74, 6) is 0.469. The molecule has 0 bridgehead atoms. The van der Waals surface area contributed by atoms with Gasteiger partial charge in [-0.25, -0.2) is 0 Å². The molecule has 1 aromatic heterocycles. The minimum Gasteiger partial charge on any atom is -0.503 e. The molecule has 1 N–H and O–H groups in total. The predicted molar refractivity (Wildman–Crippen MR) is 85.6 cm³/mol. The van der Waals surface area contributed by atoms with Crippen LogP contribution in [0.25, 0.3) is 0 Å². The number of nitrogens with zero attached hydrogens (tertiary/aromatic N) is 2. The minimum absolute atomic E-state index is 0.140. The molecule has 2 heterocycles. The quantitative estimate of drug-likeness (QED) is 0.907. The van der Waals surface area contributed by atoms with Crippen LogP contribution in [0.2, 0.25) is 0 Å². The van der Waals surface area contributed by atoms with Crippen molar-refractivity contribution in [2.24, 2.45) is 5.92 Å². The Bertz CT molecular complexity index is 500. The first-order valence-corrected chi connectivity index (χ1v) is 8.21. The van der Waals surface area contributed by atoms with Crippen LogP contribution < -0.4 is 5.43 Å². The molecular formula is C17H28N2O2. The van der Waals surface area contributed by atoms with Gasteiger partial charge in [0.15, 0.2) is 5.75 Å². The van der Waals surface area contributed by atoms with E-state index >= 15 is 0 Å². The van der Waals surface area contributed by atoms with Crippen LogP contribution in [0, 0.1) is 5.92 Å². The highest BCUT2D eigenvalue weighted by molar-refractivity contribution is 5.20. The van der Waals surface area contributed by atoms with E-state index in [1.165, 1.54) is 25.7 Å². The zero-order valence-electron chi connectivity index (χ0n) is 13.3. The van der Waals surface area contributed by atoms with E-state index in [1.807, 2.05) is 0 Å². The van der Waals surface area contributed by atoms with Crippen molar-refractivity contribution in [3.63, 3.8) is 0 Å². The summed E-state index contributed by atoms with van der Waals surface area (Å²) in [5.41, 5.74) is 0.765. The first-order valence-electron chi connectivity index (χ1n) is 8.21. The molecule has 0 aliphatic carbocycles. The summed E-state index contributed by atoms with van der Waals surface area (Å²) in [6.45, 7) is 8.27. The van der Waals surface area contributed by atoms with Gasteiger partial charge in [0.05, 0.1) is 6.20 Å². The van der Waals surface area contributed by atoms with Gasteiger partial charge in [-0.1, -0.05) is 26.7 Å². The smallest absolute Gasteiger partial charge is 0.223 e. The monoisotopic (exact) mass is 292 g/mol. The Morgan fingerprint density at radius 3 is 2.48 bits per heavy atom. The van der Waals surface area contributed by atoms with Crippen LogP contribution in [0.5, 0.6) is 5.75 Å². The molecule has 0 aromatic carbocycles. The number of aromatic hydroxyl groups is 1. The summed E-state index contributed by atoms with van der Waals surface area (Å²) in [7, 11) is 0. The molecule has 0 unspecified atom stereocenters. The maximum Gasteiger partial charge on any atom is 0.223 e. The van der Waals surface area contributed by atoms with Crippen LogP contribution in [0.15, 0.2) is 17.1 Å². The highest BCUT2D eigenvalue weighted by Gasteiger charge is 2.13. The first-order chi connectivity index (χ1) is 10.1. The molecule has 1 saturated heterocycles. The molecule has 118 valence electrons. The molecule has 1 aliphatic heterocycles. The molecule has 0 atom stereocenters. The van der Waals surface area contributed by atoms with Crippen LogP contribution >= 0.6 is 0 Å². The van der Waals surface area contributed by atoms with Gasteiger partial charge < -0.3 is 9.67 Å². The van der Waals surface area contributed by atoms with Crippen LogP contribution in [0.3, 0.4) is 0 Å². The summed E-state index contributed by atoms with van der Waals surface area (Å²) in [5, 5.41) is 9.69. The number of rotatable bonds is 5. The summed E-state index contributed by atoms with van der Waals surface area (Å²) in [6.07, 6.45) is 7.77. The SMILES string of the molecule is CC(C)CCn1cc(O)c(=O)cc1CN1CCCCCC1. The lowest BCUT2D eigenvalue weighted by atomic mass is 10.1. The van der Waals surface area contributed by atoms with Gasteiger partial charge in [0, 0.05) is 24.8 Å². The molecule has 0 radical (unpaired) electrons. The molecular weight excluding hydrogens is 264 g/mol. The molecule has 0 saturated carbocycles. The molecule has 4 nitrogen and oxygen atoms in total. The van der Waals surface area contributed by atoms with Gasteiger partial charge in [0.25, 0.3) is 0 Å². The lowest BCUT2D eigenvalue weighted by Gasteiger charge is -2.23. The van der Waals surface area contributed by atoms with Crippen molar-refractivity contribution < 1.29 is 5.11 Å². The van der Waals surface area contributed by atoms with Gasteiger partial charge in [-0.3, -0.25) is 9.69 Å². The third-order valence-corrected chi connectivity index (χ3v) is 4.23. The van der Waals surface area contributed by atoms with Crippen molar-refractivity contribution in [3.8, 4) is 5.75 Å². The van der Waals surface area contributed by atoms with Gasteiger partial charge in [-0.2, -0.15) is 0 Å². The topological polar surface area (TPSA) is 45.5 Å². The van der Waals surface area contributed by atoms with Gasteiger partial charge in [-0.15, -0.1) is 0 Å². The maximum absolute atomic E-state index is 11.8. The average molecular weight is 292 g/mol. The number of hydrogen-bond acceptors (Lipinski definition) is 3. The Labute approximate surface area is 127 Å². The molecule has 1 aromatic rings. The van der Waals surface area contributed by atoms with Gasteiger partial charge in [0.2, 0.25) is 5.43 Å². The lowest BCUT2D eigenvalue weighted by Crippen LogP contribution is -2.27. The number of pyridine rings is 1. The molecule has 4 heteroatoms. The predicted octanol–water partition coefficient (Wildman–Crippen LogP) is 2.98. The Hall–Kier alpha value is -1.29. The van der Waals surface area contributed by atoms with Crippen LogP contribution in [-0.4, -0.2) is 27.7 Å². The standard InChI is InChI=1S/C17H28N2O2/c1-14(2)7-10-19-13-17(21)16(20)11-15(19)12-18-8-5-3-4-6-9-18/h11,13-14,21H,3-10,12H2,1-2H3. The summed E-state index contributed by atoms with van der Waals surface area (Å²) in [4.78, 5) is 14.2. The number of likely N-dealkylation sites (tertiary alicyclic amines) is 1. The largest absolute Gasteiger partial charge is 0.503 e. The van der Waals surface area contributed by atoms with E-state index in [9.17, 15) is 9.90 Å². The average Bonchev–Trinajstić information content (AvgIpc) is 2.69. The van der Waals surface area contributed by atoms with E-state index < -0.39 is 0 Å². The van der Waals surface area contributed by atoms with E-state index in [0.717, 1.165) is 38.3 Å². The second-order valence-electron chi connectivity index (χ2n) is 6.58. The van der Waals surface area contributed by atoms with Crippen molar-refractivity contribution in [2.45, 2.75) is 59.0 Å². The van der Waals surface area contributed by atoms with Gasteiger partial charge in [-0.05, 0) is 38.3 Å². The van der Waals surface area contributed by atoms with Crippen molar-refractivity contribution in [2.75, 3.05) is 13.1 Å². The Morgan fingerprint density at radius 1 is 1.19 bits per heavy atom. The van der Waals surface area contributed by atoms with Gasteiger partial charge >= 0.3 is 0 Å². The molecule has 2 rings (SSSR count). The van der Waals surface area contributed by atoms with E-state index in [4.69, 9.17) is 0 Å². The highest BCUT2D eigenvalue weighted by atomic mass is 16.3. The van der Waals surface area contributed by atoms with Crippen molar-refractivity contribution in [1.29, 1.82) is 0 Å². The second-order valence-corrected chi connectivity index (χ2v) is 6.58. The van der Waals surface area contributed by atoms with Crippen molar-refractivity contribution >= 4 is 0 Å². The van der Waals surface area contributed by atoms with E-state index in [-0.39, 0.29) is 11.2 Å². The Kier molecular flexibility index (Phi) is 5.85. The van der Waals surface area contributed by atoms with Crippen LogP contribution in [0.1, 0.15) is 51.6 Å². The highest BCUT2D eigenvalue weighted by Crippen LogP contribution is 2.15. The van der Waals surface area contributed by atoms with Gasteiger partial charge in [0.1, 0.15) is 0 Å². The first kappa shape index (κ1) is 16.1. The molecule has 21 heavy (non-hydrogen) atoms. The lowest BCUT2D eigenvalue weighted by molar-refractivity contribution is 0.267. The minimum atomic E-state index is -0.263. The fraction of sp³-hybridized carbons (Fsp3) is 0.706. The Balaban J connectivity index is 2.15.